The van der Waals surface area contributed by atoms with E-state index in [1.807, 2.05) is 6.07 Å². The summed E-state index contributed by atoms with van der Waals surface area (Å²) in [5, 5.41) is 10.7. The van der Waals surface area contributed by atoms with Gasteiger partial charge in [-0.05, 0) is 61.9 Å². The molecule has 200 valence electrons. The molecule has 0 saturated carbocycles. The summed E-state index contributed by atoms with van der Waals surface area (Å²) in [4.78, 5) is 30.0. The van der Waals surface area contributed by atoms with Gasteiger partial charge in [-0.3, -0.25) is 9.69 Å². The van der Waals surface area contributed by atoms with Gasteiger partial charge in [0.1, 0.15) is 5.52 Å². The number of H-pyrrole nitrogens is 2. The second-order valence-electron chi connectivity index (χ2n) is 9.99. The summed E-state index contributed by atoms with van der Waals surface area (Å²) >= 11 is 0. The van der Waals surface area contributed by atoms with E-state index in [0.717, 1.165) is 37.6 Å². The number of aliphatic carboxylic acids is 1. The van der Waals surface area contributed by atoms with Gasteiger partial charge >= 0.3 is 0 Å². The van der Waals surface area contributed by atoms with Gasteiger partial charge in [-0.1, -0.05) is 37.3 Å². The zero-order valence-electron chi connectivity index (χ0n) is 21.1. The number of benzene rings is 2. The van der Waals surface area contributed by atoms with E-state index in [1.165, 1.54) is 12.5 Å². The van der Waals surface area contributed by atoms with Crippen LogP contribution >= 0.6 is 0 Å². The van der Waals surface area contributed by atoms with Gasteiger partial charge in [0.05, 0.1) is 4.90 Å². The molecule has 10 heteroatoms. The van der Waals surface area contributed by atoms with Crippen molar-refractivity contribution in [3.05, 3.63) is 76.7 Å². The lowest BCUT2D eigenvalue weighted by atomic mass is 9.97. The number of piperidine rings is 1. The summed E-state index contributed by atoms with van der Waals surface area (Å²) in [6.07, 6.45) is 5.68. The smallest absolute Gasteiger partial charge is 0.272 e. The molecular formula is C28H31N4O5S-. The summed E-state index contributed by atoms with van der Waals surface area (Å²) < 4.78 is 29.6. The maximum atomic E-state index is 13.3. The van der Waals surface area contributed by atoms with Crippen LogP contribution in [0.5, 0.6) is 0 Å². The molecule has 2 bridgehead atoms. The van der Waals surface area contributed by atoms with Gasteiger partial charge in [0.25, 0.3) is 5.56 Å². The number of sulfonamides is 1. The molecule has 4 aromatic rings. The van der Waals surface area contributed by atoms with Crippen molar-refractivity contribution in [2.24, 2.45) is 0 Å². The maximum absolute atomic E-state index is 13.3. The highest BCUT2D eigenvalue weighted by Gasteiger charge is 2.41. The molecular weight excluding hydrogens is 504 g/mol. The van der Waals surface area contributed by atoms with Gasteiger partial charge in [0, 0.05) is 53.1 Å². The van der Waals surface area contributed by atoms with Gasteiger partial charge in [-0.2, -0.15) is 0 Å². The molecule has 2 aromatic carbocycles. The van der Waals surface area contributed by atoms with Crippen LogP contribution in [0.25, 0.3) is 21.8 Å². The Labute approximate surface area is 220 Å². The number of rotatable bonds is 6. The Bertz CT molecular complexity index is 1600. The maximum Gasteiger partial charge on any atom is 0.272 e. The minimum absolute atomic E-state index is 0.0712. The number of carbonyl (C=O) groups excluding carboxylic acids is 1. The van der Waals surface area contributed by atoms with Gasteiger partial charge < -0.3 is 19.9 Å². The Morgan fingerprint density at radius 1 is 1.05 bits per heavy atom. The van der Waals surface area contributed by atoms with Crippen LogP contribution in [0.3, 0.4) is 0 Å². The van der Waals surface area contributed by atoms with Crippen LogP contribution in [0, 0.1) is 0 Å². The normalized spacial score (nSPS) is 21.3. The molecule has 0 radical (unpaired) electrons. The number of carboxylic acids is 1. The standard InChI is InChI=1S/C25H26N4O3S.C3H6O2/c30-25-24-21(10-11-26-24)22-14-20(8-9-23(22)27-25)33(31,32)28-17-12-18-6-7-19(13-17)29(18)15-16-4-2-1-3-5-16;1-2-3(4)5/h1-5,8-11,14,17-19,26,28H,6-7,12-13,15H2,(H,27,30);2H2,1H3,(H,4,5)/p-1. The average Bonchev–Trinajstić information content (AvgIpc) is 3.48. The molecule has 2 aromatic heterocycles. The van der Waals surface area contributed by atoms with Gasteiger partial charge in [0.2, 0.25) is 10.0 Å². The number of carbonyl (C=O) groups is 1. The number of nitrogens with zero attached hydrogens (tertiary/aromatic N) is 1. The summed E-state index contributed by atoms with van der Waals surface area (Å²) in [6, 6.07) is 17.9. The number of carboxylic acid groups (broad SMARTS) is 1. The van der Waals surface area contributed by atoms with E-state index in [2.05, 4.69) is 43.9 Å². The first kappa shape index (κ1) is 26.1. The average molecular weight is 536 g/mol. The highest BCUT2D eigenvalue weighted by molar-refractivity contribution is 7.89. The van der Waals surface area contributed by atoms with Crippen LogP contribution in [0.1, 0.15) is 44.6 Å². The van der Waals surface area contributed by atoms with Crippen LogP contribution in [-0.2, 0) is 21.4 Å². The molecule has 9 nitrogen and oxygen atoms in total. The van der Waals surface area contributed by atoms with Crippen LogP contribution in [0.2, 0.25) is 0 Å². The van der Waals surface area contributed by atoms with Gasteiger partial charge in [-0.25, -0.2) is 13.1 Å². The van der Waals surface area contributed by atoms with Crippen LogP contribution in [-0.4, -0.2) is 47.4 Å². The molecule has 3 N–H and O–H groups in total. The number of pyridine rings is 1. The van der Waals surface area contributed by atoms with E-state index in [4.69, 9.17) is 0 Å². The first-order chi connectivity index (χ1) is 18.2. The molecule has 6 rings (SSSR count). The third-order valence-corrected chi connectivity index (χ3v) is 9.03. The lowest BCUT2D eigenvalue weighted by Crippen LogP contribution is -2.49. The van der Waals surface area contributed by atoms with Crippen LogP contribution in [0.4, 0.5) is 0 Å². The third kappa shape index (κ3) is 5.38. The van der Waals surface area contributed by atoms with E-state index in [-0.39, 0.29) is 22.9 Å². The van der Waals surface area contributed by atoms with E-state index in [9.17, 15) is 23.1 Å². The number of aromatic amines is 2. The minimum atomic E-state index is -3.68. The Morgan fingerprint density at radius 2 is 1.74 bits per heavy atom. The summed E-state index contributed by atoms with van der Waals surface area (Å²) in [5.74, 6) is -0.995. The number of hydrogen-bond acceptors (Lipinski definition) is 6. The predicted molar refractivity (Wildman–Crippen MR) is 144 cm³/mol. The van der Waals surface area contributed by atoms with E-state index in [0.29, 0.717) is 28.5 Å². The Morgan fingerprint density at radius 3 is 2.39 bits per heavy atom. The Balaban J connectivity index is 0.000000540. The monoisotopic (exact) mass is 535 g/mol. The molecule has 38 heavy (non-hydrogen) atoms. The van der Waals surface area contributed by atoms with Crippen molar-refractivity contribution in [3.8, 4) is 0 Å². The van der Waals surface area contributed by atoms with Gasteiger partial charge in [0.15, 0.2) is 0 Å². The first-order valence-electron chi connectivity index (χ1n) is 12.9. The molecule has 2 unspecified atom stereocenters. The van der Waals surface area contributed by atoms with E-state index >= 15 is 0 Å². The minimum Gasteiger partial charge on any atom is -0.550 e. The van der Waals surface area contributed by atoms with Crippen molar-refractivity contribution < 1.29 is 18.3 Å². The van der Waals surface area contributed by atoms with E-state index < -0.39 is 16.0 Å². The van der Waals surface area contributed by atoms with Gasteiger partial charge in [-0.15, -0.1) is 0 Å². The molecule has 0 spiro atoms. The fourth-order valence-electron chi connectivity index (χ4n) is 5.70. The lowest BCUT2D eigenvalue weighted by Gasteiger charge is -2.39. The topological polar surface area (TPSA) is 138 Å². The van der Waals surface area contributed by atoms with Crippen LogP contribution < -0.4 is 15.4 Å². The molecule has 0 aliphatic carbocycles. The SMILES string of the molecule is CCC(=O)[O-].O=c1[nH]c2ccc(S(=O)(=O)NC3CC4CCC(C3)N4Cc3ccccc3)cc2c2cc[nH]c12. The Kier molecular flexibility index (Phi) is 7.38. The molecule has 4 heterocycles. The summed E-state index contributed by atoms with van der Waals surface area (Å²) in [6.45, 7) is 2.46. The molecule has 2 aliphatic heterocycles. The van der Waals surface area contributed by atoms with Crippen molar-refractivity contribution in [1.82, 2.24) is 19.6 Å². The van der Waals surface area contributed by atoms with Crippen molar-refractivity contribution >= 4 is 37.8 Å². The molecule has 2 saturated heterocycles. The second-order valence-corrected chi connectivity index (χ2v) is 11.7. The molecule has 0 amide bonds. The first-order valence-corrected chi connectivity index (χ1v) is 14.4. The quantitative estimate of drug-likeness (QED) is 0.347. The second kappa shape index (κ2) is 10.7. The number of hydrogen-bond donors (Lipinski definition) is 3. The van der Waals surface area contributed by atoms with E-state index in [1.54, 1.807) is 30.5 Å². The highest BCUT2D eigenvalue weighted by Crippen LogP contribution is 2.37. The number of aromatic nitrogens is 2. The van der Waals surface area contributed by atoms with Crippen molar-refractivity contribution in [3.63, 3.8) is 0 Å². The van der Waals surface area contributed by atoms with Crippen LogP contribution in [0.15, 0.2) is 70.5 Å². The fraction of sp³-hybridized carbons (Fsp3) is 0.357. The molecule has 2 fully saturated rings. The third-order valence-electron chi connectivity index (χ3n) is 7.52. The Hall–Kier alpha value is -3.47. The predicted octanol–water partition coefficient (Wildman–Crippen LogP) is 2.63. The number of nitrogens with one attached hydrogen (secondary N) is 3. The highest BCUT2D eigenvalue weighted by atomic mass is 32.2. The fourth-order valence-corrected chi connectivity index (χ4v) is 6.99. The zero-order chi connectivity index (χ0) is 26.9. The van der Waals surface area contributed by atoms with Crippen molar-refractivity contribution in [2.75, 3.05) is 0 Å². The largest absolute Gasteiger partial charge is 0.550 e. The number of fused-ring (bicyclic) bond motifs is 5. The molecule has 2 aliphatic rings. The zero-order valence-corrected chi connectivity index (χ0v) is 22.0. The van der Waals surface area contributed by atoms with Crippen molar-refractivity contribution in [2.45, 2.75) is 68.6 Å². The summed E-state index contributed by atoms with van der Waals surface area (Å²) in [7, 11) is -3.68. The van der Waals surface area contributed by atoms with Crippen molar-refractivity contribution in [1.29, 1.82) is 0 Å². The summed E-state index contributed by atoms with van der Waals surface area (Å²) in [5.41, 5.74) is 2.17. The molecule has 2 atom stereocenters. The lowest BCUT2D eigenvalue weighted by molar-refractivity contribution is -0.305.